The number of ether oxygens (including phenoxy) is 3. The number of nitrogens with zero attached hydrogens (tertiary/aromatic N) is 1. The van der Waals surface area contributed by atoms with Crippen LogP contribution in [0.3, 0.4) is 0 Å². The van der Waals surface area contributed by atoms with E-state index in [2.05, 4.69) is 5.32 Å². The molecule has 7 heteroatoms. The van der Waals surface area contributed by atoms with Gasteiger partial charge in [-0.25, -0.2) is 4.79 Å². The molecule has 2 heterocycles. The predicted molar refractivity (Wildman–Crippen MR) is 108 cm³/mol. The fourth-order valence-electron chi connectivity index (χ4n) is 3.74. The lowest BCUT2D eigenvalue weighted by molar-refractivity contribution is 0.170. The fraction of sp³-hybridized carbons (Fsp3) is 0.381. The highest BCUT2D eigenvalue weighted by Gasteiger charge is 2.31. The van der Waals surface area contributed by atoms with E-state index in [1.807, 2.05) is 36.1 Å². The van der Waals surface area contributed by atoms with Gasteiger partial charge in [-0.15, -0.1) is 0 Å². The Morgan fingerprint density at radius 1 is 1.21 bits per heavy atom. The van der Waals surface area contributed by atoms with Crippen molar-refractivity contribution in [2.75, 3.05) is 32.2 Å². The largest absolute Gasteiger partial charge is 0.495 e. The molecule has 1 fully saturated rings. The number of halogens is 1. The number of methoxy groups -OCH3 is 1. The van der Waals surface area contributed by atoms with Gasteiger partial charge in [-0.3, -0.25) is 0 Å². The number of hydrogen-bond acceptors (Lipinski definition) is 4. The summed E-state index contributed by atoms with van der Waals surface area (Å²) < 4.78 is 16.7. The molecule has 4 rings (SSSR count). The normalized spacial score (nSPS) is 18.1. The number of aryl methyl sites for hydroxylation is 1. The molecule has 0 unspecified atom stereocenters. The van der Waals surface area contributed by atoms with E-state index in [1.165, 1.54) is 0 Å². The van der Waals surface area contributed by atoms with Crippen molar-refractivity contribution >= 4 is 23.3 Å². The molecule has 2 aliphatic heterocycles. The number of likely N-dealkylation sites (tertiary alicyclic amines) is 1. The molecule has 0 bridgehead atoms. The van der Waals surface area contributed by atoms with Crippen molar-refractivity contribution < 1.29 is 19.0 Å². The molecule has 2 aliphatic rings. The highest BCUT2D eigenvalue weighted by molar-refractivity contribution is 6.31. The molecule has 0 spiro atoms. The van der Waals surface area contributed by atoms with Crippen LogP contribution < -0.4 is 19.5 Å². The summed E-state index contributed by atoms with van der Waals surface area (Å²) in [5, 5.41) is 3.58. The van der Waals surface area contributed by atoms with Crippen molar-refractivity contribution in [1.82, 2.24) is 4.90 Å². The van der Waals surface area contributed by atoms with Gasteiger partial charge in [-0.05, 0) is 49.1 Å². The highest BCUT2D eigenvalue weighted by Crippen LogP contribution is 2.39. The summed E-state index contributed by atoms with van der Waals surface area (Å²) in [6.45, 7) is 3.69. The maximum atomic E-state index is 13.0. The summed E-state index contributed by atoms with van der Waals surface area (Å²) in [5.74, 6) is 2.04. The zero-order valence-corrected chi connectivity index (χ0v) is 16.7. The Kier molecular flexibility index (Phi) is 5.22. The van der Waals surface area contributed by atoms with Crippen LogP contribution in [0, 0.1) is 6.92 Å². The third-order valence-corrected chi connectivity index (χ3v) is 5.59. The van der Waals surface area contributed by atoms with E-state index in [0.717, 1.165) is 35.5 Å². The Morgan fingerprint density at radius 3 is 2.79 bits per heavy atom. The second kappa shape index (κ2) is 7.80. The monoisotopic (exact) mass is 402 g/mol. The molecule has 6 nitrogen and oxygen atoms in total. The number of rotatable bonds is 3. The standard InChI is InChI=1S/C21H23ClN2O4/c1-13-10-16(19(26-2)12-15(13)22)23-21(25)24-7-3-4-17(24)14-5-6-18-20(11-14)28-9-8-27-18/h5-6,10-12,17H,3-4,7-9H2,1-2H3,(H,23,25)/t17-/m1/s1. The predicted octanol–water partition coefficient (Wildman–Crippen LogP) is 4.80. The highest BCUT2D eigenvalue weighted by atomic mass is 35.5. The van der Waals surface area contributed by atoms with Gasteiger partial charge in [0.2, 0.25) is 0 Å². The average molecular weight is 403 g/mol. The van der Waals surface area contributed by atoms with E-state index in [0.29, 0.717) is 36.2 Å². The molecule has 0 aromatic heterocycles. The van der Waals surface area contributed by atoms with Crippen molar-refractivity contribution in [2.45, 2.75) is 25.8 Å². The van der Waals surface area contributed by atoms with Crippen LogP contribution in [-0.4, -0.2) is 37.8 Å². The van der Waals surface area contributed by atoms with Crippen LogP contribution in [0.25, 0.3) is 0 Å². The molecule has 1 atom stereocenters. The van der Waals surface area contributed by atoms with E-state index < -0.39 is 0 Å². The van der Waals surface area contributed by atoms with Gasteiger partial charge in [0.1, 0.15) is 19.0 Å². The lowest BCUT2D eigenvalue weighted by atomic mass is 10.0. The van der Waals surface area contributed by atoms with Gasteiger partial charge in [-0.1, -0.05) is 17.7 Å². The third kappa shape index (κ3) is 3.56. The van der Waals surface area contributed by atoms with Crippen LogP contribution in [0.1, 0.15) is 30.0 Å². The van der Waals surface area contributed by atoms with Gasteiger partial charge in [0.15, 0.2) is 11.5 Å². The van der Waals surface area contributed by atoms with Gasteiger partial charge in [0.25, 0.3) is 0 Å². The topological polar surface area (TPSA) is 60.0 Å². The number of nitrogens with one attached hydrogen (secondary N) is 1. The van der Waals surface area contributed by atoms with E-state index in [4.69, 9.17) is 25.8 Å². The van der Waals surface area contributed by atoms with Gasteiger partial charge in [-0.2, -0.15) is 0 Å². The van der Waals surface area contributed by atoms with Gasteiger partial charge >= 0.3 is 6.03 Å². The number of anilines is 1. The van der Waals surface area contributed by atoms with Gasteiger partial charge in [0, 0.05) is 17.6 Å². The maximum absolute atomic E-state index is 13.0. The number of fused-ring (bicyclic) bond motifs is 1. The third-order valence-electron chi connectivity index (χ3n) is 5.19. The van der Waals surface area contributed by atoms with Crippen LogP contribution in [0.15, 0.2) is 30.3 Å². The minimum absolute atomic E-state index is 0.00443. The van der Waals surface area contributed by atoms with Gasteiger partial charge < -0.3 is 24.4 Å². The van der Waals surface area contributed by atoms with Crippen LogP contribution in [0.4, 0.5) is 10.5 Å². The lowest BCUT2D eigenvalue weighted by Crippen LogP contribution is -2.34. The molecule has 28 heavy (non-hydrogen) atoms. The minimum atomic E-state index is -0.155. The summed E-state index contributed by atoms with van der Waals surface area (Å²) in [5.41, 5.74) is 2.54. The Bertz CT molecular complexity index is 902. The number of hydrogen-bond donors (Lipinski definition) is 1. The van der Waals surface area contributed by atoms with E-state index in [9.17, 15) is 4.79 Å². The van der Waals surface area contributed by atoms with Crippen molar-refractivity contribution in [3.05, 3.63) is 46.5 Å². The zero-order valence-electron chi connectivity index (χ0n) is 16.0. The SMILES string of the molecule is COc1cc(Cl)c(C)cc1NC(=O)N1CCC[C@@H]1c1ccc2c(c1)OCCO2. The average Bonchev–Trinajstić information content (AvgIpc) is 3.20. The van der Waals surface area contributed by atoms with E-state index in [1.54, 1.807) is 13.2 Å². The lowest BCUT2D eigenvalue weighted by Gasteiger charge is -2.27. The van der Waals surface area contributed by atoms with Crippen LogP contribution in [0.2, 0.25) is 5.02 Å². The summed E-state index contributed by atoms with van der Waals surface area (Å²) in [6, 6.07) is 9.30. The van der Waals surface area contributed by atoms with E-state index >= 15 is 0 Å². The molecule has 1 saturated heterocycles. The first-order chi connectivity index (χ1) is 13.6. The van der Waals surface area contributed by atoms with Crippen molar-refractivity contribution in [3.63, 3.8) is 0 Å². The van der Waals surface area contributed by atoms with Crippen LogP contribution in [-0.2, 0) is 0 Å². The number of carbonyl (C=O) groups excluding carboxylic acids is 1. The Labute approximate surface area is 169 Å². The number of urea groups is 1. The smallest absolute Gasteiger partial charge is 0.322 e. The Hall–Kier alpha value is -2.60. The molecular formula is C21H23ClN2O4. The number of amides is 2. The molecule has 0 radical (unpaired) electrons. The molecular weight excluding hydrogens is 380 g/mol. The Morgan fingerprint density at radius 2 is 2.00 bits per heavy atom. The molecule has 0 saturated carbocycles. The number of carbonyl (C=O) groups is 1. The summed E-state index contributed by atoms with van der Waals surface area (Å²) >= 11 is 6.16. The molecule has 1 N–H and O–H groups in total. The van der Waals surface area contributed by atoms with Crippen molar-refractivity contribution in [1.29, 1.82) is 0 Å². The second-order valence-corrected chi connectivity index (χ2v) is 7.39. The van der Waals surface area contributed by atoms with E-state index in [-0.39, 0.29) is 12.1 Å². The van der Waals surface area contributed by atoms with Crippen LogP contribution >= 0.6 is 11.6 Å². The zero-order chi connectivity index (χ0) is 19.7. The first-order valence-corrected chi connectivity index (χ1v) is 9.76. The van der Waals surface area contributed by atoms with Gasteiger partial charge in [0.05, 0.1) is 18.8 Å². The van der Waals surface area contributed by atoms with Crippen molar-refractivity contribution in [2.24, 2.45) is 0 Å². The quantitative estimate of drug-likeness (QED) is 0.801. The molecule has 2 aromatic carbocycles. The maximum Gasteiger partial charge on any atom is 0.322 e. The van der Waals surface area contributed by atoms with Crippen molar-refractivity contribution in [3.8, 4) is 17.2 Å². The molecule has 2 aromatic rings. The first-order valence-electron chi connectivity index (χ1n) is 9.38. The van der Waals surface area contributed by atoms with Crippen LogP contribution in [0.5, 0.6) is 17.2 Å². The first kappa shape index (κ1) is 18.7. The Balaban J connectivity index is 1.55. The second-order valence-electron chi connectivity index (χ2n) is 6.99. The molecule has 2 amide bonds. The summed E-state index contributed by atoms with van der Waals surface area (Å²) in [6.07, 6.45) is 1.85. The molecule has 0 aliphatic carbocycles. The minimum Gasteiger partial charge on any atom is -0.495 e. The summed E-state index contributed by atoms with van der Waals surface area (Å²) in [7, 11) is 1.56. The molecule has 148 valence electrons. The fourth-order valence-corrected chi connectivity index (χ4v) is 3.89. The summed E-state index contributed by atoms with van der Waals surface area (Å²) in [4.78, 5) is 14.9. The number of benzene rings is 2.